The zero-order valence-corrected chi connectivity index (χ0v) is 14.8. The summed E-state index contributed by atoms with van der Waals surface area (Å²) in [6, 6.07) is 3.48. The van der Waals surface area contributed by atoms with Gasteiger partial charge in [0.2, 0.25) is 5.75 Å². The first-order valence-electron chi connectivity index (χ1n) is 6.86. The number of methoxy groups -OCH3 is 1. The number of benzene rings is 1. The predicted molar refractivity (Wildman–Crippen MR) is 88.6 cm³/mol. The number of hydrogen-bond acceptors (Lipinski definition) is 3. The highest BCUT2D eigenvalue weighted by Crippen LogP contribution is 2.36. The van der Waals surface area contributed by atoms with Crippen LogP contribution in [0.1, 0.15) is 31.9 Å². The molecule has 0 spiro atoms. The van der Waals surface area contributed by atoms with Crippen molar-refractivity contribution in [1.29, 1.82) is 0 Å². The fourth-order valence-corrected chi connectivity index (χ4v) is 2.25. The molecule has 0 amide bonds. The number of hydrogen-bond donors (Lipinski definition) is 0. The van der Waals surface area contributed by atoms with Gasteiger partial charge < -0.3 is 4.74 Å². The summed E-state index contributed by atoms with van der Waals surface area (Å²) in [5.74, 6) is 3.34. The molecule has 4 nitrogen and oxygen atoms in total. The maximum absolute atomic E-state index is 11.3. The van der Waals surface area contributed by atoms with Crippen molar-refractivity contribution < 1.29 is 9.66 Å². The van der Waals surface area contributed by atoms with E-state index in [0.717, 1.165) is 5.56 Å². The molecule has 0 fully saturated rings. The van der Waals surface area contributed by atoms with Crippen molar-refractivity contribution >= 4 is 13.8 Å². The van der Waals surface area contributed by atoms with Gasteiger partial charge in [-0.1, -0.05) is 46.3 Å². The van der Waals surface area contributed by atoms with Crippen LogP contribution in [0.15, 0.2) is 12.1 Å². The number of nitro groups is 1. The van der Waals surface area contributed by atoms with Crippen LogP contribution in [0.4, 0.5) is 5.69 Å². The van der Waals surface area contributed by atoms with Gasteiger partial charge in [0, 0.05) is 6.07 Å². The van der Waals surface area contributed by atoms with Crippen LogP contribution in [0.3, 0.4) is 0 Å². The van der Waals surface area contributed by atoms with Crippen LogP contribution in [-0.2, 0) is 5.41 Å². The highest BCUT2D eigenvalue weighted by molar-refractivity contribution is 6.83. The Bertz CT molecular complexity index is 613. The molecule has 0 N–H and O–H groups in total. The molecule has 1 rings (SSSR count). The van der Waals surface area contributed by atoms with Crippen molar-refractivity contribution in [1.82, 2.24) is 0 Å². The standard InChI is InChI=1S/C16H23NO3Si/c1-16(2,3)13-10-12(8-9-21(5,6)7)15(20-4)14(11-13)17(18)19/h10-11H,1-7H3. The van der Waals surface area contributed by atoms with Gasteiger partial charge >= 0.3 is 5.69 Å². The topological polar surface area (TPSA) is 52.4 Å². The van der Waals surface area contributed by atoms with E-state index in [2.05, 4.69) is 31.1 Å². The lowest BCUT2D eigenvalue weighted by atomic mass is 9.85. The van der Waals surface area contributed by atoms with E-state index in [0.29, 0.717) is 5.56 Å². The molecule has 5 heteroatoms. The Balaban J connectivity index is 3.62. The first-order chi connectivity index (χ1) is 9.45. The third kappa shape index (κ3) is 4.61. The quantitative estimate of drug-likeness (QED) is 0.357. The lowest BCUT2D eigenvalue weighted by Gasteiger charge is -2.20. The van der Waals surface area contributed by atoms with E-state index < -0.39 is 13.0 Å². The van der Waals surface area contributed by atoms with Crippen molar-refractivity contribution in [3.63, 3.8) is 0 Å². The minimum Gasteiger partial charge on any atom is -0.489 e. The van der Waals surface area contributed by atoms with Gasteiger partial charge in [0.15, 0.2) is 0 Å². The summed E-state index contributed by atoms with van der Waals surface area (Å²) in [6.07, 6.45) is 0. The van der Waals surface area contributed by atoms with Crippen LogP contribution in [0.25, 0.3) is 0 Å². The molecule has 114 valence electrons. The minimum atomic E-state index is -1.57. The first kappa shape index (κ1) is 17.2. The van der Waals surface area contributed by atoms with Crippen LogP contribution in [-0.4, -0.2) is 20.1 Å². The maximum atomic E-state index is 11.3. The normalized spacial score (nSPS) is 11.6. The van der Waals surface area contributed by atoms with Gasteiger partial charge in [-0.3, -0.25) is 10.1 Å². The Morgan fingerprint density at radius 1 is 1.24 bits per heavy atom. The molecule has 0 unspecified atom stereocenters. The van der Waals surface area contributed by atoms with Gasteiger partial charge in [-0.15, -0.1) is 5.54 Å². The average Bonchev–Trinajstić information content (AvgIpc) is 2.32. The van der Waals surface area contributed by atoms with Gasteiger partial charge in [0.05, 0.1) is 17.6 Å². The summed E-state index contributed by atoms with van der Waals surface area (Å²) in [5.41, 5.74) is 4.51. The van der Waals surface area contributed by atoms with Gasteiger partial charge in [-0.25, -0.2) is 0 Å². The Kier molecular flexibility index (Phi) is 4.85. The van der Waals surface area contributed by atoms with Gasteiger partial charge in [0.25, 0.3) is 0 Å². The molecule has 0 aromatic heterocycles. The molecule has 0 aliphatic carbocycles. The summed E-state index contributed by atoms with van der Waals surface area (Å²) in [4.78, 5) is 10.9. The molecule has 1 aromatic rings. The molecule has 0 atom stereocenters. The molecule has 0 aliphatic rings. The SMILES string of the molecule is COc1c(C#C[Si](C)(C)C)cc(C(C)(C)C)cc1[N+](=O)[O-]. The summed E-state index contributed by atoms with van der Waals surface area (Å²) in [7, 11) is -0.127. The van der Waals surface area contributed by atoms with Crippen LogP contribution in [0.5, 0.6) is 5.75 Å². The van der Waals surface area contributed by atoms with E-state index in [-0.39, 0.29) is 16.9 Å². The number of ether oxygens (including phenoxy) is 1. The van der Waals surface area contributed by atoms with Gasteiger partial charge in [-0.2, -0.15) is 0 Å². The molecule has 0 saturated carbocycles. The molecule has 21 heavy (non-hydrogen) atoms. The van der Waals surface area contributed by atoms with E-state index in [4.69, 9.17) is 4.74 Å². The highest BCUT2D eigenvalue weighted by Gasteiger charge is 2.24. The first-order valence-corrected chi connectivity index (χ1v) is 10.4. The molecule has 1 aromatic carbocycles. The van der Waals surface area contributed by atoms with Crippen molar-refractivity contribution in [2.24, 2.45) is 0 Å². The predicted octanol–water partition coefficient (Wildman–Crippen LogP) is 4.13. The lowest BCUT2D eigenvalue weighted by Crippen LogP contribution is -2.16. The van der Waals surface area contributed by atoms with E-state index in [1.807, 2.05) is 26.8 Å². The van der Waals surface area contributed by atoms with Crippen LogP contribution in [0, 0.1) is 21.6 Å². The van der Waals surface area contributed by atoms with E-state index in [1.165, 1.54) is 7.11 Å². The molecule has 0 heterocycles. The van der Waals surface area contributed by atoms with Gasteiger partial charge in [0.1, 0.15) is 8.07 Å². The third-order valence-electron chi connectivity index (χ3n) is 2.91. The van der Waals surface area contributed by atoms with Crippen molar-refractivity contribution in [3.8, 4) is 17.2 Å². The monoisotopic (exact) mass is 305 g/mol. The summed E-state index contributed by atoms with van der Waals surface area (Å²) >= 11 is 0. The molecular weight excluding hydrogens is 282 g/mol. The van der Waals surface area contributed by atoms with Gasteiger partial charge in [-0.05, 0) is 17.0 Å². The average molecular weight is 305 g/mol. The largest absolute Gasteiger partial charge is 0.489 e. The van der Waals surface area contributed by atoms with Crippen LogP contribution < -0.4 is 4.74 Å². The third-order valence-corrected chi connectivity index (χ3v) is 3.78. The molecule has 0 saturated heterocycles. The summed E-state index contributed by atoms with van der Waals surface area (Å²) in [6.45, 7) is 12.5. The highest BCUT2D eigenvalue weighted by atomic mass is 28.3. The zero-order chi connectivity index (χ0) is 16.4. The smallest absolute Gasteiger partial charge is 0.312 e. The fraction of sp³-hybridized carbons (Fsp3) is 0.500. The number of nitro benzene ring substituents is 1. The molecular formula is C16H23NO3Si. The second kappa shape index (κ2) is 5.90. The number of rotatable bonds is 2. The lowest BCUT2D eigenvalue weighted by molar-refractivity contribution is -0.385. The van der Waals surface area contributed by atoms with Crippen LogP contribution >= 0.6 is 0 Å². The van der Waals surface area contributed by atoms with E-state index >= 15 is 0 Å². The zero-order valence-electron chi connectivity index (χ0n) is 13.8. The number of nitrogens with zero attached hydrogens (tertiary/aromatic N) is 1. The second-order valence-electron chi connectivity index (χ2n) is 7.08. The van der Waals surface area contributed by atoms with Crippen LogP contribution in [0.2, 0.25) is 19.6 Å². The molecule has 0 radical (unpaired) electrons. The molecule has 0 bridgehead atoms. The van der Waals surface area contributed by atoms with E-state index in [9.17, 15) is 10.1 Å². The Labute approximate surface area is 127 Å². The van der Waals surface area contributed by atoms with Crippen molar-refractivity contribution in [2.45, 2.75) is 45.8 Å². The minimum absolute atomic E-state index is 0.0233. The van der Waals surface area contributed by atoms with Crippen molar-refractivity contribution in [3.05, 3.63) is 33.4 Å². The molecule has 0 aliphatic heterocycles. The Morgan fingerprint density at radius 2 is 1.81 bits per heavy atom. The van der Waals surface area contributed by atoms with E-state index in [1.54, 1.807) is 6.07 Å². The maximum Gasteiger partial charge on any atom is 0.312 e. The Morgan fingerprint density at radius 3 is 2.19 bits per heavy atom. The fourth-order valence-electron chi connectivity index (χ4n) is 1.74. The summed E-state index contributed by atoms with van der Waals surface area (Å²) in [5, 5.41) is 11.3. The summed E-state index contributed by atoms with van der Waals surface area (Å²) < 4.78 is 5.24. The second-order valence-corrected chi connectivity index (χ2v) is 11.8. The Hall–Kier alpha value is -1.80. The van der Waals surface area contributed by atoms with Crippen molar-refractivity contribution in [2.75, 3.05) is 7.11 Å².